The van der Waals surface area contributed by atoms with Crippen molar-refractivity contribution in [3.63, 3.8) is 0 Å². The zero-order chi connectivity index (χ0) is 15.1. The van der Waals surface area contributed by atoms with E-state index < -0.39 is 0 Å². The maximum Gasteiger partial charge on any atom is 0.124 e. The summed E-state index contributed by atoms with van der Waals surface area (Å²) in [4.78, 5) is 2.66. The minimum absolute atomic E-state index is 0.338. The lowest BCUT2D eigenvalue weighted by atomic mass is 10.0. The van der Waals surface area contributed by atoms with Crippen LogP contribution in [-0.4, -0.2) is 37.7 Å². The van der Waals surface area contributed by atoms with Crippen LogP contribution in [0.25, 0.3) is 0 Å². The molecule has 2 rings (SSSR count). The van der Waals surface area contributed by atoms with Gasteiger partial charge in [0, 0.05) is 24.2 Å². The third kappa shape index (κ3) is 4.72. The van der Waals surface area contributed by atoms with Gasteiger partial charge in [0.25, 0.3) is 0 Å². The summed E-state index contributed by atoms with van der Waals surface area (Å²) in [6.07, 6.45) is 5.30. The van der Waals surface area contributed by atoms with E-state index in [2.05, 4.69) is 48.5 Å². The van der Waals surface area contributed by atoms with Gasteiger partial charge in [-0.3, -0.25) is 4.90 Å². The number of likely N-dealkylation sites (N-methyl/N-ethyl adjacent to an activating group) is 1. The van der Waals surface area contributed by atoms with Gasteiger partial charge in [-0.2, -0.15) is 0 Å². The SMILES string of the molecule is CCCCN(CC(NC)c1ccccc1OCC)C1CC1. The Kier molecular flexibility index (Phi) is 6.52. The van der Waals surface area contributed by atoms with E-state index in [-0.39, 0.29) is 0 Å². The fraction of sp³-hybridized carbons (Fsp3) is 0.667. The summed E-state index contributed by atoms with van der Waals surface area (Å²) in [6, 6.07) is 9.58. The summed E-state index contributed by atoms with van der Waals surface area (Å²) in [5, 5.41) is 3.49. The Morgan fingerprint density at radius 1 is 1.29 bits per heavy atom. The number of nitrogens with zero attached hydrogens (tertiary/aromatic N) is 1. The Hall–Kier alpha value is -1.06. The minimum atomic E-state index is 0.338. The smallest absolute Gasteiger partial charge is 0.124 e. The number of ether oxygens (including phenoxy) is 1. The quantitative estimate of drug-likeness (QED) is 0.712. The average molecular weight is 290 g/mol. The maximum atomic E-state index is 5.80. The molecule has 0 bridgehead atoms. The van der Waals surface area contributed by atoms with Crippen LogP contribution in [0, 0.1) is 0 Å². The third-order valence-electron chi connectivity index (χ3n) is 4.22. The lowest BCUT2D eigenvalue weighted by molar-refractivity contribution is 0.230. The van der Waals surface area contributed by atoms with Crippen LogP contribution in [0.4, 0.5) is 0 Å². The molecule has 0 saturated heterocycles. The standard InChI is InChI=1S/C18H30N2O/c1-4-6-13-20(15-11-12-15)14-17(19-3)16-9-7-8-10-18(16)21-5-2/h7-10,15,17,19H,4-6,11-14H2,1-3H3. The largest absolute Gasteiger partial charge is 0.494 e. The fourth-order valence-electron chi connectivity index (χ4n) is 2.86. The Balaban J connectivity index is 2.07. The molecule has 1 atom stereocenters. The molecule has 1 fully saturated rings. The zero-order valence-corrected chi connectivity index (χ0v) is 13.8. The molecule has 118 valence electrons. The van der Waals surface area contributed by atoms with Gasteiger partial charge in [0.15, 0.2) is 0 Å². The summed E-state index contributed by atoms with van der Waals surface area (Å²) in [6.45, 7) is 7.32. The van der Waals surface area contributed by atoms with E-state index in [9.17, 15) is 0 Å². The van der Waals surface area contributed by atoms with E-state index >= 15 is 0 Å². The van der Waals surface area contributed by atoms with Crippen LogP contribution in [-0.2, 0) is 0 Å². The highest BCUT2D eigenvalue weighted by molar-refractivity contribution is 5.36. The highest BCUT2D eigenvalue weighted by Crippen LogP contribution is 2.31. The van der Waals surface area contributed by atoms with E-state index in [0.29, 0.717) is 6.04 Å². The molecule has 1 aromatic carbocycles. The van der Waals surface area contributed by atoms with Gasteiger partial charge in [0.05, 0.1) is 6.61 Å². The molecule has 0 radical (unpaired) electrons. The third-order valence-corrected chi connectivity index (χ3v) is 4.22. The van der Waals surface area contributed by atoms with Gasteiger partial charge in [0.2, 0.25) is 0 Å². The maximum absolute atomic E-state index is 5.80. The Labute approximate surface area is 129 Å². The van der Waals surface area contributed by atoms with Crippen molar-refractivity contribution in [2.75, 3.05) is 26.7 Å². The van der Waals surface area contributed by atoms with E-state index in [0.717, 1.165) is 24.9 Å². The monoisotopic (exact) mass is 290 g/mol. The number of hydrogen-bond donors (Lipinski definition) is 1. The van der Waals surface area contributed by atoms with Crippen molar-refractivity contribution in [3.05, 3.63) is 29.8 Å². The summed E-state index contributed by atoms with van der Waals surface area (Å²) < 4.78 is 5.80. The fourth-order valence-corrected chi connectivity index (χ4v) is 2.86. The van der Waals surface area contributed by atoms with Crippen LogP contribution in [0.1, 0.15) is 51.1 Å². The van der Waals surface area contributed by atoms with Gasteiger partial charge in [0.1, 0.15) is 5.75 Å². The molecule has 1 unspecified atom stereocenters. The van der Waals surface area contributed by atoms with Gasteiger partial charge in [-0.25, -0.2) is 0 Å². The van der Waals surface area contributed by atoms with Crippen LogP contribution >= 0.6 is 0 Å². The number of benzene rings is 1. The van der Waals surface area contributed by atoms with Crippen molar-refractivity contribution in [2.24, 2.45) is 0 Å². The molecule has 21 heavy (non-hydrogen) atoms. The zero-order valence-electron chi connectivity index (χ0n) is 13.8. The molecular weight excluding hydrogens is 260 g/mol. The van der Waals surface area contributed by atoms with Crippen molar-refractivity contribution in [1.82, 2.24) is 10.2 Å². The molecule has 0 spiro atoms. The van der Waals surface area contributed by atoms with Crippen LogP contribution in [0.5, 0.6) is 5.75 Å². The Morgan fingerprint density at radius 3 is 2.67 bits per heavy atom. The molecule has 0 heterocycles. The highest BCUT2D eigenvalue weighted by atomic mass is 16.5. The van der Waals surface area contributed by atoms with Crippen molar-refractivity contribution < 1.29 is 4.74 Å². The molecule has 1 saturated carbocycles. The molecule has 1 aliphatic rings. The lowest BCUT2D eigenvalue weighted by Crippen LogP contribution is -2.36. The van der Waals surface area contributed by atoms with Gasteiger partial charge >= 0.3 is 0 Å². The van der Waals surface area contributed by atoms with Crippen LogP contribution < -0.4 is 10.1 Å². The van der Waals surface area contributed by atoms with Gasteiger partial charge in [-0.15, -0.1) is 0 Å². The molecule has 0 aromatic heterocycles. The Bertz CT molecular complexity index is 417. The molecule has 0 aliphatic heterocycles. The van der Waals surface area contributed by atoms with Crippen LogP contribution in [0.3, 0.4) is 0 Å². The molecule has 3 heteroatoms. The topological polar surface area (TPSA) is 24.5 Å². The first-order valence-corrected chi connectivity index (χ1v) is 8.43. The first-order chi connectivity index (χ1) is 10.3. The molecule has 3 nitrogen and oxygen atoms in total. The average Bonchev–Trinajstić information content (AvgIpc) is 3.34. The van der Waals surface area contributed by atoms with E-state index in [1.165, 1.54) is 37.8 Å². The van der Waals surface area contributed by atoms with Crippen molar-refractivity contribution in [1.29, 1.82) is 0 Å². The van der Waals surface area contributed by atoms with Crippen molar-refractivity contribution in [3.8, 4) is 5.75 Å². The van der Waals surface area contributed by atoms with Crippen LogP contribution in [0.2, 0.25) is 0 Å². The molecule has 0 amide bonds. The second kappa shape index (κ2) is 8.40. The second-order valence-electron chi connectivity index (χ2n) is 5.89. The Morgan fingerprint density at radius 2 is 2.05 bits per heavy atom. The number of rotatable bonds is 10. The molecule has 1 aromatic rings. The summed E-state index contributed by atoms with van der Waals surface area (Å²) in [5.74, 6) is 1.02. The minimum Gasteiger partial charge on any atom is -0.494 e. The summed E-state index contributed by atoms with van der Waals surface area (Å²) >= 11 is 0. The normalized spacial score (nSPS) is 16.2. The predicted molar refractivity (Wildman–Crippen MR) is 88.9 cm³/mol. The van der Waals surface area contributed by atoms with Crippen LogP contribution in [0.15, 0.2) is 24.3 Å². The first-order valence-electron chi connectivity index (χ1n) is 8.43. The summed E-state index contributed by atoms with van der Waals surface area (Å²) in [7, 11) is 2.05. The van der Waals surface area contributed by atoms with Gasteiger partial charge < -0.3 is 10.1 Å². The van der Waals surface area contributed by atoms with Gasteiger partial charge in [-0.05, 0) is 45.8 Å². The van der Waals surface area contributed by atoms with Gasteiger partial charge in [-0.1, -0.05) is 31.5 Å². The van der Waals surface area contributed by atoms with Crippen molar-refractivity contribution >= 4 is 0 Å². The predicted octanol–water partition coefficient (Wildman–Crippen LogP) is 3.61. The molecule has 1 N–H and O–H groups in total. The number of para-hydroxylation sites is 1. The number of nitrogens with one attached hydrogen (secondary N) is 1. The van der Waals surface area contributed by atoms with E-state index in [4.69, 9.17) is 4.74 Å². The highest BCUT2D eigenvalue weighted by Gasteiger charge is 2.30. The molecule has 1 aliphatic carbocycles. The number of unbranched alkanes of at least 4 members (excludes halogenated alkanes) is 1. The lowest BCUT2D eigenvalue weighted by Gasteiger charge is -2.28. The van der Waals surface area contributed by atoms with E-state index in [1.54, 1.807) is 0 Å². The number of hydrogen-bond acceptors (Lipinski definition) is 3. The van der Waals surface area contributed by atoms with E-state index in [1.807, 2.05) is 6.92 Å². The summed E-state index contributed by atoms with van der Waals surface area (Å²) in [5.41, 5.74) is 1.28. The van der Waals surface area contributed by atoms with Crippen molar-refractivity contribution in [2.45, 2.75) is 51.6 Å². The first kappa shape index (κ1) is 16.3. The second-order valence-corrected chi connectivity index (χ2v) is 5.89. The molecular formula is C18H30N2O.